The van der Waals surface area contributed by atoms with E-state index in [0.717, 1.165) is 6.16 Å². The lowest BCUT2D eigenvalue weighted by Gasteiger charge is -2.37. The summed E-state index contributed by atoms with van der Waals surface area (Å²) in [7, 11) is -2.07. The van der Waals surface area contributed by atoms with E-state index in [1.807, 2.05) is 0 Å². The minimum absolute atomic E-state index is 0.0173. The van der Waals surface area contributed by atoms with Crippen LogP contribution in [0.3, 0.4) is 0 Å². The summed E-state index contributed by atoms with van der Waals surface area (Å²) in [5.74, 6) is 0.423. The van der Waals surface area contributed by atoms with Crippen LogP contribution in [0.1, 0.15) is 34.1 Å². The van der Waals surface area contributed by atoms with E-state index in [0.29, 0.717) is 23.7 Å². The number of hydrogen-bond acceptors (Lipinski definition) is 7. The highest BCUT2D eigenvalue weighted by atomic mass is 31.2. The normalized spacial score (nSPS) is 26.8. The van der Waals surface area contributed by atoms with E-state index in [-0.39, 0.29) is 17.6 Å². The number of hydrogen-bond donors (Lipinski definition) is 3. The van der Waals surface area contributed by atoms with Crippen molar-refractivity contribution in [1.29, 1.82) is 0 Å². The molecule has 33 heavy (non-hydrogen) atoms. The standard InChI is InChI=1S/C23H42N3O5PSi/c1-15-24-21(25-16(2)27)17(14-30-33(9,10)23(3,4)5)13-26(15)22-20(29)19(28)18(31-22)11-12-32(6,7)8/h13,18-20,22,28-29H,1,6,11-12,14H2,2-5,7-10H3,(H,24,25,27)/t18-,19-,20-,22?/m1/s1. The second-order valence-electron chi connectivity index (χ2n) is 11.2. The van der Waals surface area contributed by atoms with Gasteiger partial charge >= 0.3 is 0 Å². The minimum Gasteiger partial charge on any atom is -0.412 e. The number of nitrogens with one attached hydrogen (secondary N) is 1. The molecule has 2 rings (SSSR count). The number of carbonyl (C=O) groups excluding carboxylic acids is 1. The molecule has 1 unspecified atom stereocenters. The fraction of sp³-hybridized carbons (Fsp3) is 0.696. The highest BCUT2D eigenvalue weighted by Gasteiger charge is 2.46. The van der Waals surface area contributed by atoms with E-state index in [9.17, 15) is 15.0 Å². The van der Waals surface area contributed by atoms with Crippen molar-refractivity contribution in [1.82, 2.24) is 10.2 Å². The van der Waals surface area contributed by atoms with E-state index in [2.05, 4.69) is 70.4 Å². The first-order valence-electron chi connectivity index (χ1n) is 11.3. The number of amidine groups is 1. The van der Waals surface area contributed by atoms with Gasteiger partial charge in [-0.3, -0.25) is 4.79 Å². The Morgan fingerprint density at radius 2 is 1.94 bits per heavy atom. The van der Waals surface area contributed by atoms with Crippen LogP contribution >= 0.6 is 6.89 Å². The summed E-state index contributed by atoms with van der Waals surface area (Å²) < 4.78 is 12.4. The second-order valence-corrected chi connectivity index (χ2v) is 20.3. The third-order valence-electron chi connectivity index (χ3n) is 6.46. The summed E-state index contributed by atoms with van der Waals surface area (Å²) in [6.07, 6.45) is 3.93. The van der Waals surface area contributed by atoms with Gasteiger partial charge in [0.15, 0.2) is 14.5 Å². The van der Waals surface area contributed by atoms with E-state index >= 15 is 0 Å². The molecule has 2 aliphatic rings. The summed E-state index contributed by atoms with van der Waals surface area (Å²) in [6, 6.07) is 0. The maximum Gasteiger partial charge on any atom is 0.222 e. The fourth-order valence-electron chi connectivity index (χ4n) is 3.31. The van der Waals surface area contributed by atoms with Crippen LogP contribution < -0.4 is 5.32 Å². The Hall–Kier alpha value is -1.22. The number of aliphatic hydroxyl groups is 2. The molecule has 0 aliphatic carbocycles. The van der Waals surface area contributed by atoms with Gasteiger partial charge in [-0.15, -0.1) is 13.2 Å². The molecular weight excluding hydrogens is 457 g/mol. The Morgan fingerprint density at radius 1 is 1.33 bits per heavy atom. The average molecular weight is 500 g/mol. The summed E-state index contributed by atoms with van der Waals surface area (Å²) in [4.78, 5) is 17.8. The number of amides is 1. The van der Waals surface area contributed by atoms with Crippen LogP contribution in [-0.2, 0) is 14.0 Å². The molecule has 0 bridgehead atoms. The molecule has 0 saturated carbocycles. The molecule has 1 amide bonds. The van der Waals surface area contributed by atoms with Gasteiger partial charge in [0.2, 0.25) is 5.91 Å². The number of ether oxygens (including phenoxy) is 1. The lowest BCUT2D eigenvalue weighted by molar-refractivity contribution is -0.117. The Balaban J connectivity index is 2.27. The van der Waals surface area contributed by atoms with Crippen molar-refractivity contribution in [3.63, 3.8) is 0 Å². The zero-order valence-electron chi connectivity index (χ0n) is 21.4. The smallest absolute Gasteiger partial charge is 0.222 e. The van der Waals surface area contributed by atoms with Gasteiger partial charge in [-0.2, -0.15) is 0 Å². The molecule has 0 radical (unpaired) electrons. The molecule has 8 nitrogen and oxygen atoms in total. The lowest BCUT2D eigenvalue weighted by atomic mass is 10.1. The number of aliphatic hydroxyl groups excluding tert-OH is 2. The van der Waals surface area contributed by atoms with Gasteiger partial charge < -0.3 is 29.6 Å². The number of rotatable bonds is 7. The SMILES string of the molecule is C=C1N=C(NC(C)=O)C(CO[Si](C)(C)C(C)(C)C)=CN1C1O[C@H](CCP(=C)(C)C)[C@@H](O)[C@H]1O. The fourth-order valence-corrected chi connectivity index (χ4v) is 5.21. The maximum absolute atomic E-state index is 11.8. The van der Waals surface area contributed by atoms with E-state index in [1.165, 1.54) is 6.92 Å². The van der Waals surface area contributed by atoms with Gasteiger partial charge in [0, 0.05) is 18.7 Å². The quantitative estimate of drug-likeness (QED) is 0.368. The van der Waals surface area contributed by atoms with Gasteiger partial charge in [-0.25, -0.2) is 4.99 Å². The molecule has 2 aliphatic heterocycles. The summed E-state index contributed by atoms with van der Waals surface area (Å²) in [5, 5.41) is 24.1. The van der Waals surface area contributed by atoms with E-state index in [4.69, 9.17) is 9.16 Å². The van der Waals surface area contributed by atoms with Crippen molar-refractivity contribution in [2.24, 2.45) is 4.99 Å². The van der Waals surface area contributed by atoms with Crippen LogP contribution in [0.5, 0.6) is 0 Å². The molecule has 3 N–H and O–H groups in total. The van der Waals surface area contributed by atoms with Crippen LogP contribution in [0.15, 0.2) is 29.2 Å². The first kappa shape index (κ1) is 28.0. The second kappa shape index (κ2) is 10.2. The number of carbonyl (C=O) groups is 1. The Bertz CT molecular complexity index is 874. The maximum atomic E-state index is 11.8. The molecule has 0 spiro atoms. The summed E-state index contributed by atoms with van der Waals surface area (Å²) in [6.45, 7) is 19.4. The molecule has 1 fully saturated rings. The first-order valence-corrected chi connectivity index (χ1v) is 17.3. The van der Waals surface area contributed by atoms with Crippen LogP contribution in [-0.4, -0.2) is 92.1 Å². The van der Waals surface area contributed by atoms with Crippen molar-refractivity contribution in [2.45, 2.75) is 76.8 Å². The third-order valence-corrected chi connectivity index (χ3v) is 12.4. The van der Waals surface area contributed by atoms with Gasteiger partial charge in [0.05, 0.1) is 12.7 Å². The zero-order valence-corrected chi connectivity index (χ0v) is 23.3. The zero-order chi connectivity index (χ0) is 25.4. The molecule has 0 aromatic rings. The highest BCUT2D eigenvalue weighted by Crippen LogP contribution is 2.39. The molecule has 10 heteroatoms. The van der Waals surface area contributed by atoms with Crippen molar-refractivity contribution in [2.75, 3.05) is 26.1 Å². The van der Waals surface area contributed by atoms with Crippen molar-refractivity contribution in [3.8, 4) is 0 Å². The monoisotopic (exact) mass is 499 g/mol. The predicted molar refractivity (Wildman–Crippen MR) is 140 cm³/mol. The number of nitrogens with zero attached hydrogens (tertiary/aromatic N) is 2. The van der Waals surface area contributed by atoms with Crippen molar-refractivity contribution >= 4 is 33.2 Å². The summed E-state index contributed by atoms with van der Waals surface area (Å²) >= 11 is 0. The van der Waals surface area contributed by atoms with E-state index < -0.39 is 39.7 Å². The van der Waals surface area contributed by atoms with Gasteiger partial charge in [-0.05, 0) is 44.0 Å². The van der Waals surface area contributed by atoms with Gasteiger partial charge in [0.25, 0.3) is 0 Å². The Labute approximate surface area is 199 Å². The van der Waals surface area contributed by atoms with Crippen LogP contribution in [0.2, 0.25) is 18.1 Å². The van der Waals surface area contributed by atoms with Crippen LogP contribution in [0.25, 0.3) is 0 Å². The van der Waals surface area contributed by atoms with Gasteiger partial charge in [-0.1, -0.05) is 27.4 Å². The molecular formula is C23H42N3O5PSi. The molecule has 0 aromatic carbocycles. The highest BCUT2D eigenvalue weighted by molar-refractivity contribution is 7.72. The largest absolute Gasteiger partial charge is 0.412 e. The van der Waals surface area contributed by atoms with Crippen molar-refractivity contribution in [3.05, 3.63) is 24.2 Å². The Kier molecular flexibility index (Phi) is 8.64. The molecule has 188 valence electrons. The molecule has 4 atom stereocenters. The first-order chi connectivity index (χ1) is 14.9. The van der Waals surface area contributed by atoms with E-state index in [1.54, 1.807) is 11.1 Å². The lowest BCUT2D eigenvalue weighted by Crippen LogP contribution is -2.46. The van der Waals surface area contributed by atoms with Gasteiger partial charge in [0.1, 0.15) is 23.9 Å². The number of aliphatic imine (C=N–C) groups is 1. The Morgan fingerprint density at radius 3 is 2.45 bits per heavy atom. The molecule has 1 saturated heterocycles. The van der Waals surface area contributed by atoms with Crippen molar-refractivity contribution < 1.29 is 24.2 Å². The third kappa shape index (κ3) is 7.13. The van der Waals surface area contributed by atoms with Crippen LogP contribution in [0, 0.1) is 0 Å². The van der Waals surface area contributed by atoms with Crippen LogP contribution in [0.4, 0.5) is 0 Å². The topological polar surface area (TPSA) is 104 Å². The summed E-state index contributed by atoms with van der Waals surface area (Å²) in [5.41, 5.74) is 0.654. The minimum atomic E-state index is -2.07. The average Bonchev–Trinajstić information content (AvgIpc) is 2.92. The predicted octanol–water partition coefficient (Wildman–Crippen LogP) is 2.76. The molecule has 2 heterocycles. The molecule has 0 aromatic heterocycles.